The molecule has 4 rings (SSSR count). The Morgan fingerprint density at radius 3 is 2.58 bits per heavy atom. The van der Waals surface area contributed by atoms with Crippen molar-refractivity contribution in [3.05, 3.63) is 35.0 Å². The van der Waals surface area contributed by atoms with Gasteiger partial charge in [0.15, 0.2) is 11.5 Å². The van der Waals surface area contributed by atoms with Gasteiger partial charge in [-0.25, -0.2) is 24.5 Å². The van der Waals surface area contributed by atoms with Crippen molar-refractivity contribution in [2.45, 2.75) is 12.8 Å². The molecule has 0 atom stereocenters. The number of imidazole rings is 1. The van der Waals surface area contributed by atoms with Gasteiger partial charge >= 0.3 is 11.7 Å². The van der Waals surface area contributed by atoms with Gasteiger partial charge in [0.1, 0.15) is 5.52 Å². The van der Waals surface area contributed by atoms with Crippen LogP contribution in [0.4, 0.5) is 4.79 Å². The average Bonchev–Trinajstić information content (AvgIpc) is 3.29. The van der Waals surface area contributed by atoms with Gasteiger partial charge in [-0.2, -0.15) is 4.57 Å². The van der Waals surface area contributed by atoms with E-state index in [0.717, 1.165) is 17.4 Å². The van der Waals surface area contributed by atoms with Crippen LogP contribution in [0.2, 0.25) is 0 Å². The molecule has 0 aliphatic carbocycles. The molecule has 0 unspecified atom stereocenters. The molecule has 1 amide bonds. The van der Waals surface area contributed by atoms with Crippen molar-refractivity contribution in [3.63, 3.8) is 0 Å². The maximum atomic E-state index is 12.8. The van der Waals surface area contributed by atoms with Crippen LogP contribution in [0.5, 0.6) is 5.88 Å². The molecule has 0 N–H and O–H groups in total. The minimum atomic E-state index is -0.420. The Kier molecular flexibility index (Phi) is 3.90. The van der Waals surface area contributed by atoms with Gasteiger partial charge in [0.25, 0.3) is 0 Å². The highest BCUT2D eigenvalue weighted by Gasteiger charge is 2.25. The normalized spacial score (nSPS) is 14.2. The first kappa shape index (κ1) is 16.2. The fraction of sp³-hybridized carbons (Fsp3) is 0.353. The van der Waals surface area contributed by atoms with E-state index >= 15 is 0 Å². The summed E-state index contributed by atoms with van der Waals surface area (Å²) in [5.74, 6) is 0.872. The third kappa shape index (κ3) is 2.52. The van der Waals surface area contributed by atoms with E-state index in [1.54, 1.807) is 36.5 Å². The molecule has 1 saturated heterocycles. The van der Waals surface area contributed by atoms with E-state index in [0.29, 0.717) is 41.5 Å². The number of fused-ring (bicyclic) bond motifs is 1. The minimum absolute atomic E-state index is 0.301. The highest BCUT2D eigenvalue weighted by Crippen LogP contribution is 2.20. The van der Waals surface area contributed by atoms with Crippen molar-refractivity contribution in [3.8, 4) is 17.3 Å². The SMILES string of the molecule is COc1ccc(-c2ncc3c(n2)n(C(=O)N2CCCC2)c(=O)n3C)cn1. The lowest BCUT2D eigenvalue weighted by molar-refractivity contribution is 0.210. The molecule has 0 radical (unpaired) electrons. The second-order valence-corrected chi connectivity index (χ2v) is 6.15. The van der Waals surface area contributed by atoms with E-state index in [-0.39, 0.29) is 6.03 Å². The zero-order valence-electron chi connectivity index (χ0n) is 14.5. The summed E-state index contributed by atoms with van der Waals surface area (Å²) >= 11 is 0. The van der Waals surface area contributed by atoms with Crippen molar-refractivity contribution in [2.75, 3.05) is 20.2 Å². The molecule has 4 heterocycles. The first-order chi connectivity index (χ1) is 12.6. The van der Waals surface area contributed by atoms with Gasteiger partial charge in [-0.3, -0.25) is 4.57 Å². The van der Waals surface area contributed by atoms with E-state index in [1.807, 2.05) is 0 Å². The van der Waals surface area contributed by atoms with Crippen molar-refractivity contribution in [2.24, 2.45) is 7.05 Å². The number of carbonyl (C=O) groups excluding carboxylic acids is 1. The first-order valence-electron chi connectivity index (χ1n) is 8.34. The lowest BCUT2D eigenvalue weighted by Gasteiger charge is -2.14. The summed E-state index contributed by atoms with van der Waals surface area (Å²) < 4.78 is 7.57. The number of hydrogen-bond donors (Lipinski definition) is 0. The quantitative estimate of drug-likeness (QED) is 0.688. The molecule has 0 spiro atoms. The topological polar surface area (TPSA) is 95.1 Å². The molecule has 26 heavy (non-hydrogen) atoms. The Bertz CT molecular complexity index is 1030. The van der Waals surface area contributed by atoms with Crippen LogP contribution < -0.4 is 10.4 Å². The monoisotopic (exact) mass is 354 g/mol. The number of rotatable bonds is 2. The minimum Gasteiger partial charge on any atom is -0.481 e. The van der Waals surface area contributed by atoms with Crippen LogP contribution in [0.1, 0.15) is 12.8 Å². The third-order valence-corrected chi connectivity index (χ3v) is 4.57. The summed E-state index contributed by atoms with van der Waals surface area (Å²) in [5.41, 5.74) is 1.06. The van der Waals surface area contributed by atoms with E-state index in [2.05, 4.69) is 15.0 Å². The summed E-state index contributed by atoms with van der Waals surface area (Å²) in [7, 11) is 3.15. The number of hydrogen-bond acceptors (Lipinski definition) is 6. The molecule has 3 aromatic rings. The lowest BCUT2D eigenvalue weighted by atomic mass is 10.2. The van der Waals surface area contributed by atoms with Gasteiger partial charge in [0.2, 0.25) is 5.88 Å². The molecule has 0 saturated carbocycles. The van der Waals surface area contributed by atoms with E-state index in [4.69, 9.17) is 4.74 Å². The maximum Gasteiger partial charge on any atom is 0.338 e. The van der Waals surface area contributed by atoms with Gasteiger partial charge in [-0.15, -0.1) is 0 Å². The lowest BCUT2D eigenvalue weighted by Crippen LogP contribution is -2.38. The van der Waals surface area contributed by atoms with Crippen molar-refractivity contribution >= 4 is 17.2 Å². The highest BCUT2D eigenvalue weighted by molar-refractivity contribution is 5.87. The average molecular weight is 354 g/mol. The number of aromatic nitrogens is 5. The van der Waals surface area contributed by atoms with E-state index in [1.165, 1.54) is 11.7 Å². The summed E-state index contributed by atoms with van der Waals surface area (Å²) in [6.07, 6.45) is 5.04. The zero-order valence-corrected chi connectivity index (χ0v) is 14.5. The Labute approximate surface area is 148 Å². The third-order valence-electron chi connectivity index (χ3n) is 4.57. The molecule has 134 valence electrons. The molecule has 1 aliphatic heterocycles. The fourth-order valence-corrected chi connectivity index (χ4v) is 3.11. The molecule has 9 nitrogen and oxygen atoms in total. The fourth-order valence-electron chi connectivity index (χ4n) is 3.11. The number of likely N-dealkylation sites (tertiary alicyclic amines) is 1. The van der Waals surface area contributed by atoms with Gasteiger partial charge in [-0.1, -0.05) is 0 Å². The van der Waals surface area contributed by atoms with E-state index < -0.39 is 5.69 Å². The number of carbonyl (C=O) groups is 1. The maximum absolute atomic E-state index is 12.8. The number of pyridine rings is 1. The Morgan fingerprint density at radius 1 is 1.15 bits per heavy atom. The predicted octanol–water partition coefficient (Wildman–Crippen LogP) is 1.26. The van der Waals surface area contributed by atoms with Gasteiger partial charge in [0, 0.05) is 38.0 Å². The van der Waals surface area contributed by atoms with Crippen molar-refractivity contribution in [1.82, 2.24) is 29.0 Å². The number of amides is 1. The molecule has 0 aromatic carbocycles. The molecular weight excluding hydrogens is 336 g/mol. The summed E-state index contributed by atoms with van der Waals surface area (Å²) in [6, 6.07) is 3.15. The summed E-state index contributed by atoms with van der Waals surface area (Å²) in [6.45, 7) is 1.31. The van der Waals surface area contributed by atoms with Crippen LogP contribution in [0, 0.1) is 0 Å². The Hall–Kier alpha value is -3.23. The van der Waals surface area contributed by atoms with Gasteiger partial charge in [-0.05, 0) is 18.9 Å². The smallest absolute Gasteiger partial charge is 0.338 e. The Morgan fingerprint density at radius 2 is 1.92 bits per heavy atom. The number of nitrogens with zero attached hydrogens (tertiary/aromatic N) is 6. The van der Waals surface area contributed by atoms with Crippen molar-refractivity contribution < 1.29 is 9.53 Å². The van der Waals surface area contributed by atoms with Crippen LogP contribution in [-0.2, 0) is 7.05 Å². The van der Waals surface area contributed by atoms with Gasteiger partial charge in [0.05, 0.1) is 13.3 Å². The number of aryl methyl sites for hydroxylation is 1. The second-order valence-electron chi connectivity index (χ2n) is 6.15. The van der Waals surface area contributed by atoms with Crippen LogP contribution >= 0.6 is 0 Å². The van der Waals surface area contributed by atoms with Crippen LogP contribution in [0.25, 0.3) is 22.6 Å². The Balaban J connectivity index is 1.84. The first-order valence-corrected chi connectivity index (χ1v) is 8.34. The molecular formula is C17H18N6O3. The van der Waals surface area contributed by atoms with Crippen LogP contribution in [0.3, 0.4) is 0 Å². The molecule has 1 fully saturated rings. The predicted molar refractivity (Wildman–Crippen MR) is 94.2 cm³/mol. The highest BCUT2D eigenvalue weighted by atomic mass is 16.5. The summed E-state index contributed by atoms with van der Waals surface area (Å²) in [4.78, 5) is 40.0. The number of ether oxygens (including phenoxy) is 1. The van der Waals surface area contributed by atoms with E-state index in [9.17, 15) is 9.59 Å². The van der Waals surface area contributed by atoms with Crippen LogP contribution in [-0.4, -0.2) is 55.2 Å². The standard InChI is InChI=1S/C17H18N6O3/c1-21-12-10-19-14(11-5-6-13(26-2)18-9-11)20-15(12)23(16(21)24)17(25)22-7-3-4-8-22/h5-6,9-10H,3-4,7-8H2,1-2H3. The second kappa shape index (κ2) is 6.25. The molecule has 0 bridgehead atoms. The molecule has 1 aliphatic rings. The van der Waals surface area contributed by atoms with Crippen LogP contribution in [0.15, 0.2) is 29.3 Å². The largest absolute Gasteiger partial charge is 0.481 e. The molecule has 3 aromatic heterocycles. The van der Waals surface area contributed by atoms with Gasteiger partial charge < -0.3 is 9.64 Å². The number of methoxy groups -OCH3 is 1. The van der Waals surface area contributed by atoms with Crippen molar-refractivity contribution in [1.29, 1.82) is 0 Å². The summed E-state index contributed by atoms with van der Waals surface area (Å²) in [5, 5.41) is 0. The molecule has 9 heteroatoms. The zero-order chi connectivity index (χ0) is 18.3.